The zero-order valence-corrected chi connectivity index (χ0v) is 24.7. The number of carbonyl (C=O) groups excluding carboxylic acids is 5. The number of esters is 5. The minimum Gasteiger partial charge on any atom is -0.466 e. The number of aliphatic hydroxyl groups excluding tert-OH is 1. The molecule has 0 radical (unpaired) electrons. The van der Waals surface area contributed by atoms with Crippen molar-refractivity contribution in [2.45, 2.75) is 84.8 Å². The summed E-state index contributed by atoms with van der Waals surface area (Å²) < 4.78 is 39.4. The fraction of sp³-hybridized carbons (Fsp3) is 0.536. The van der Waals surface area contributed by atoms with Gasteiger partial charge in [-0.15, -0.1) is 11.3 Å². The Labute approximate surface area is 245 Å². The maximum absolute atomic E-state index is 12.1. The normalized spacial score (nSPS) is 21.7. The fourth-order valence-corrected chi connectivity index (χ4v) is 5.60. The first kappa shape index (κ1) is 32.8. The van der Waals surface area contributed by atoms with Crippen LogP contribution in [0.3, 0.4) is 0 Å². The predicted octanol–water partition coefficient (Wildman–Crippen LogP) is 2.35. The maximum atomic E-state index is 12.1. The highest BCUT2D eigenvalue weighted by molar-refractivity contribution is 7.19. The van der Waals surface area contributed by atoms with Crippen LogP contribution < -0.4 is 4.74 Å². The van der Waals surface area contributed by atoms with Gasteiger partial charge in [0.05, 0.1) is 19.6 Å². The molecular formula is C28H34O13S. The minimum absolute atomic E-state index is 0.158. The van der Waals surface area contributed by atoms with Crippen molar-refractivity contribution in [2.75, 3.05) is 13.2 Å². The lowest BCUT2D eigenvalue weighted by Gasteiger charge is -2.44. The Bertz CT molecular complexity index is 1300. The number of fused-ring (bicyclic) bond motifs is 1. The van der Waals surface area contributed by atoms with E-state index in [1.54, 1.807) is 25.1 Å². The third-order valence-corrected chi connectivity index (χ3v) is 7.29. The van der Waals surface area contributed by atoms with Gasteiger partial charge in [-0.05, 0) is 31.0 Å². The van der Waals surface area contributed by atoms with E-state index >= 15 is 0 Å². The number of thiophene rings is 1. The van der Waals surface area contributed by atoms with Gasteiger partial charge in [0.15, 0.2) is 12.2 Å². The van der Waals surface area contributed by atoms with Crippen molar-refractivity contribution in [3.63, 3.8) is 0 Å². The number of hydrogen-bond acceptors (Lipinski definition) is 14. The molecule has 1 aliphatic rings. The maximum Gasteiger partial charge on any atom is 0.306 e. The quantitative estimate of drug-likeness (QED) is 0.275. The Kier molecular flexibility index (Phi) is 11.6. The van der Waals surface area contributed by atoms with E-state index in [1.165, 1.54) is 18.3 Å². The number of rotatable bonds is 12. The zero-order chi connectivity index (χ0) is 31.0. The average molecular weight is 611 g/mol. The van der Waals surface area contributed by atoms with Gasteiger partial charge >= 0.3 is 29.8 Å². The highest BCUT2D eigenvalue weighted by Crippen LogP contribution is 2.39. The van der Waals surface area contributed by atoms with Gasteiger partial charge in [0.2, 0.25) is 12.4 Å². The summed E-state index contributed by atoms with van der Waals surface area (Å²) >= 11 is 1.37. The van der Waals surface area contributed by atoms with Gasteiger partial charge in [-0.25, -0.2) is 0 Å². The molecule has 1 aromatic heterocycles. The molecule has 0 aliphatic carbocycles. The summed E-state index contributed by atoms with van der Waals surface area (Å²) in [6.45, 7) is 5.92. The van der Waals surface area contributed by atoms with Crippen LogP contribution in [0.2, 0.25) is 0 Å². The number of benzene rings is 1. The van der Waals surface area contributed by atoms with Crippen LogP contribution in [0.1, 0.15) is 51.5 Å². The van der Waals surface area contributed by atoms with Gasteiger partial charge < -0.3 is 38.3 Å². The summed E-state index contributed by atoms with van der Waals surface area (Å²) in [5.41, 5.74) is 0.617. The molecule has 0 amide bonds. The third kappa shape index (κ3) is 8.63. The molecule has 13 nitrogen and oxygen atoms in total. The van der Waals surface area contributed by atoms with E-state index < -0.39 is 61.2 Å². The van der Waals surface area contributed by atoms with Gasteiger partial charge in [0, 0.05) is 42.7 Å². The Morgan fingerprint density at radius 3 is 2.12 bits per heavy atom. The SMILES string of the molecule is CCOC(=O)CCc1cc2c(O[C@@H]3O[C@H](COC(C)=O)[C@H](OC(C)=O)[C@H](OC(C)=O)[C@H]3OC(C)=O)ccc(CO)c2s1. The van der Waals surface area contributed by atoms with Crippen LogP contribution in [-0.2, 0) is 65.4 Å². The molecule has 0 saturated carbocycles. The summed E-state index contributed by atoms with van der Waals surface area (Å²) in [6, 6.07) is 5.04. The van der Waals surface area contributed by atoms with Gasteiger partial charge in [-0.2, -0.15) is 0 Å². The van der Waals surface area contributed by atoms with Crippen molar-refractivity contribution in [1.29, 1.82) is 0 Å². The van der Waals surface area contributed by atoms with E-state index in [2.05, 4.69) is 0 Å². The van der Waals surface area contributed by atoms with Crippen LogP contribution in [-0.4, -0.2) is 78.9 Å². The van der Waals surface area contributed by atoms with E-state index in [1.807, 2.05) is 0 Å². The lowest BCUT2D eigenvalue weighted by atomic mass is 9.98. The first-order chi connectivity index (χ1) is 19.9. The first-order valence-corrected chi connectivity index (χ1v) is 14.0. The predicted molar refractivity (Wildman–Crippen MR) is 145 cm³/mol. The molecule has 0 unspecified atom stereocenters. The molecule has 2 aromatic rings. The number of carbonyl (C=O) groups is 5. The number of ether oxygens (including phenoxy) is 7. The summed E-state index contributed by atoms with van der Waals surface area (Å²) in [5, 5.41) is 10.5. The largest absolute Gasteiger partial charge is 0.466 e. The molecule has 1 aliphatic heterocycles. The molecule has 14 heteroatoms. The standard InChI is InChI=1S/C28H34O13S/c1-6-35-23(34)10-8-19-11-20-21(9-7-18(12-29)27(20)42-19)40-28-26(39-17(5)33)25(38-16(4)32)24(37-15(3)31)22(41-28)13-36-14(2)30/h7,9,11,22,24-26,28-29H,6,8,10,12-13H2,1-5H3/t22-,24+,25+,26-,28-/m1/s1. The van der Waals surface area contributed by atoms with Crippen molar-refractivity contribution in [3.05, 3.63) is 28.6 Å². The van der Waals surface area contributed by atoms with Gasteiger partial charge in [0.25, 0.3) is 0 Å². The fourth-order valence-electron chi connectivity index (χ4n) is 4.42. The molecule has 5 atom stereocenters. The molecule has 0 spiro atoms. The monoisotopic (exact) mass is 610 g/mol. The molecule has 230 valence electrons. The number of hydrogen-bond donors (Lipinski definition) is 1. The first-order valence-electron chi connectivity index (χ1n) is 13.2. The van der Waals surface area contributed by atoms with Gasteiger partial charge in [-0.1, -0.05) is 6.07 Å². The highest BCUT2D eigenvalue weighted by atomic mass is 32.1. The van der Waals surface area contributed by atoms with E-state index in [4.69, 9.17) is 33.2 Å². The summed E-state index contributed by atoms with van der Waals surface area (Å²) in [6.07, 6.45) is -6.15. The second-order valence-corrected chi connectivity index (χ2v) is 10.5. The molecule has 1 N–H and O–H groups in total. The van der Waals surface area contributed by atoms with E-state index in [-0.39, 0.29) is 31.4 Å². The summed E-state index contributed by atoms with van der Waals surface area (Å²) in [4.78, 5) is 60.5. The molecular weight excluding hydrogens is 576 g/mol. The minimum atomic E-state index is -1.42. The number of aryl methyl sites for hydroxylation is 1. The Morgan fingerprint density at radius 2 is 1.52 bits per heavy atom. The Balaban J connectivity index is 2.03. The lowest BCUT2D eigenvalue weighted by molar-refractivity contribution is -0.288. The van der Waals surface area contributed by atoms with Crippen LogP contribution in [0.4, 0.5) is 0 Å². The molecule has 3 rings (SSSR count). The lowest BCUT2D eigenvalue weighted by Crippen LogP contribution is -2.63. The zero-order valence-electron chi connectivity index (χ0n) is 23.9. The van der Waals surface area contributed by atoms with Gasteiger partial charge in [-0.3, -0.25) is 24.0 Å². The van der Waals surface area contributed by atoms with E-state index in [0.717, 1.165) is 25.6 Å². The summed E-state index contributed by atoms with van der Waals surface area (Å²) in [5.74, 6) is -2.98. The van der Waals surface area contributed by atoms with Crippen LogP contribution in [0.25, 0.3) is 10.1 Å². The van der Waals surface area contributed by atoms with E-state index in [0.29, 0.717) is 22.1 Å². The number of aliphatic hydroxyl groups is 1. The second kappa shape index (κ2) is 14.9. The second-order valence-electron chi connectivity index (χ2n) is 9.33. The van der Waals surface area contributed by atoms with E-state index in [9.17, 15) is 29.1 Å². The molecule has 2 heterocycles. The van der Waals surface area contributed by atoms with Crippen LogP contribution in [0.5, 0.6) is 5.75 Å². The van der Waals surface area contributed by atoms with Crippen molar-refractivity contribution in [2.24, 2.45) is 0 Å². The van der Waals surface area contributed by atoms with Crippen LogP contribution >= 0.6 is 11.3 Å². The molecule has 1 saturated heterocycles. The van der Waals surface area contributed by atoms with Crippen LogP contribution in [0.15, 0.2) is 18.2 Å². The topological polar surface area (TPSA) is 170 Å². The van der Waals surface area contributed by atoms with Gasteiger partial charge in [0.1, 0.15) is 18.5 Å². The van der Waals surface area contributed by atoms with Crippen LogP contribution in [0, 0.1) is 0 Å². The Hall–Kier alpha value is -3.75. The van der Waals surface area contributed by atoms with Crippen molar-refractivity contribution >= 4 is 51.3 Å². The highest BCUT2D eigenvalue weighted by Gasteiger charge is 2.53. The van der Waals surface area contributed by atoms with Crippen molar-refractivity contribution in [3.8, 4) is 5.75 Å². The van der Waals surface area contributed by atoms with Crippen molar-refractivity contribution < 1.29 is 62.2 Å². The average Bonchev–Trinajstić information content (AvgIpc) is 3.34. The molecule has 0 bridgehead atoms. The summed E-state index contributed by atoms with van der Waals surface area (Å²) in [7, 11) is 0. The third-order valence-electron chi connectivity index (χ3n) is 6.02. The smallest absolute Gasteiger partial charge is 0.306 e. The Morgan fingerprint density at radius 1 is 0.881 bits per heavy atom. The molecule has 1 aromatic carbocycles. The van der Waals surface area contributed by atoms with Crippen molar-refractivity contribution in [1.82, 2.24) is 0 Å². The molecule has 42 heavy (non-hydrogen) atoms. The molecule has 1 fully saturated rings.